The molecule has 9 nitrogen and oxygen atoms in total. The van der Waals surface area contributed by atoms with Crippen LogP contribution in [0.1, 0.15) is 16.1 Å². The van der Waals surface area contributed by atoms with E-state index in [1.165, 1.54) is 6.20 Å². The van der Waals surface area contributed by atoms with Crippen molar-refractivity contribution in [2.75, 3.05) is 6.54 Å². The van der Waals surface area contributed by atoms with E-state index in [0.29, 0.717) is 11.1 Å². The van der Waals surface area contributed by atoms with Crippen molar-refractivity contribution in [3.8, 4) is 23.1 Å². The van der Waals surface area contributed by atoms with Crippen LogP contribution in [-0.4, -0.2) is 38.8 Å². The third-order valence-electron chi connectivity index (χ3n) is 3.39. The molecule has 0 saturated carbocycles. The van der Waals surface area contributed by atoms with Gasteiger partial charge >= 0.3 is 5.97 Å². The van der Waals surface area contributed by atoms with Crippen molar-refractivity contribution < 1.29 is 24.3 Å². The fourth-order valence-corrected chi connectivity index (χ4v) is 2.23. The molecule has 0 atom stereocenters. The minimum Gasteiger partial charge on any atom is -0.505 e. The highest BCUT2D eigenvalue weighted by atomic mass is 16.5. The van der Waals surface area contributed by atoms with Gasteiger partial charge < -0.3 is 20.1 Å². The molecule has 1 amide bonds. The summed E-state index contributed by atoms with van der Waals surface area (Å²) in [6.45, 7) is -0.607. The van der Waals surface area contributed by atoms with E-state index in [1.54, 1.807) is 24.3 Å². The zero-order valence-electron chi connectivity index (χ0n) is 12.6. The Hall–Kier alpha value is -3.93. The van der Waals surface area contributed by atoms with Gasteiger partial charge in [-0.2, -0.15) is 5.26 Å². The number of aliphatic carboxylic acids is 1. The van der Waals surface area contributed by atoms with Gasteiger partial charge in [0.25, 0.3) is 5.91 Å². The van der Waals surface area contributed by atoms with Crippen LogP contribution in [0, 0.1) is 11.3 Å². The largest absolute Gasteiger partial charge is 0.505 e. The number of nitrogens with one attached hydrogen (secondary N) is 1. The molecule has 0 unspecified atom stereocenters. The first kappa shape index (κ1) is 15.9. The summed E-state index contributed by atoms with van der Waals surface area (Å²) in [4.78, 5) is 26.3. The van der Waals surface area contributed by atoms with Gasteiger partial charge in [-0.05, 0) is 12.1 Å². The molecule has 0 bridgehead atoms. The predicted octanol–water partition coefficient (Wildman–Crippen LogP) is 1.28. The van der Waals surface area contributed by atoms with Crippen molar-refractivity contribution in [1.82, 2.24) is 15.5 Å². The van der Waals surface area contributed by atoms with E-state index in [2.05, 4.69) is 15.5 Å². The van der Waals surface area contributed by atoms with E-state index < -0.39 is 24.2 Å². The van der Waals surface area contributed by atoms with Gasteiger partial charge in [-0.25, -0.2) is 4.98 Å². The lowest BCUT2D eigenvalue weighted by Gasteiger charge is -2.05. The molecule has 0 spiro atoms. The number of amides is 1. The molecule has 2 aromatic heterocycles. The Morgan fingerprint density at radius 3 is 2.64 bits per heavy atom. The highest BCUT2D eigenvalue weighted by Gasteiger charge is 2.22. The number of rotatable bonds is 4. The topological polar surface area (TPSA) is 149 Å². The summed E-state index contributed by atoms with van der Waals surface area (Å²) in [5.41, 5.74) is 1.11. The second-order valence-corrected chi connectivity index (χ2v) is 4.99. The van der Waals surface area contributed by atoms with Crippen LogP contribution in [0.25, 0.3) is 22.2 Å². The molecule has 25 heavy (non-hydrogen) atoms. The standard InChI is InChI=1S/C16H10N4O5/c17-5-8-1-3-9(4-2-8)13-12-10(25-20-13)6-18-14(15(12)23)16(24)19-7-11(21)22/h1-4,6,23H,7H2,(H,19,24)(H,21,22). The van der Waals surface area contributed by atoms with Gasteiger partial charge in [0.2, 0.25) is 0 Å². The highest BCUT2D eigenvalue weighted by Crippen LogP contribution is 2.35. The Labute approximate surface area is 140 Å². The summed E-state index contributed by atoms with van der Waals surface area (Å²) in [5, 5.41) is 34.0. The number of nitriles is 1. The lowest BCUT2D eigenvalue weighted by molar-refractivity contribution is -0.135. The van der Waals surface area contributed by atoms with Crippen LogP contribution in [0.15, 0.2) is 35.0 Å². The van der Waals surface area contributed by atoms with Crippen molar-refractivity contribution in [2.45, 2.75) is 0 Å². The number of pyridine rings is 1. The fourth-order valence-electron chi connectivity index (χ4n) is 2.23. The molecule has 0 saturated heterocycles. The zero-order chi connectivity index (χ0) is 18.0. The number of aromatic nitrogens is 2. The summed E-state index contributed by atoms with van der Waals surface area (Å²) in [5.74, 6) is -2.54. The second-order valence-electron chi connectivity index (χ2n) is 4.99. The summed E-state index contributed by atoms with van der Waals surface area (Å²) in [7, 11) is 0. The van der Waals surface area contributed by atoms with Crippen LogP contribution in [0.2, 0.25) is 0 Å². The minimum atomic E-state index is -1.22. The van der Waals surface area contributed by atoms with Gasteiger partial charge in [0.15, 0.2) is 17.0 Å². The van der Waals surface area contributed by atoms with Crippen LogP contribution in [0.4, 0.5) is 0 Å². The lowest BCUT2D eigenvalue weighted by Crippen LogP contribution is -2.29. The summed E-state index contributed by atoms with van der Waals surface area (Å²) in [6, 6.07) is 8.40. The summed E-state index contributed by atoms with van der Waals surface area (Å²) < 4.78 is 5.11. The molecule has 9 heteroatoms. The third-order valence-corrected chi connectivity index (χ3v) is 3.39. The van der Waals surface area contributed by atoms with E-state index >= 15 is 0 Å². The average molecular weight is 338 g/mol. The molecule has 0 fully saturated rings. The van der Waals surface area contributed by atoms with Gasteiger partial charge in [-0.15, -0.1) is 0 Å². The highest BCUT2D eigenvalue weighted by molar-refractivity contribution is 6.05. The Balaban J connectivity index is 2.06. The average Bonchev–Trinajstić information content (AvgIpc) is 3.05. The number of carboxylic acids is 1. The molecule has 124 valence electrons. The monoisotopic (exact) mass is 338 g/mol. The van der Waals surface area contributed by atoms with Crippen molar-refractivity contribution in [3.63, 3.8) is 0 Å². The van der Waals surface area contributed by atoms with E-state index in [1.807, 2.05) is 6.07 Å². The van der Waals surface area contributed by atoms with Crippen molar-refractivity contribution in [2.24, 2.45) is 0 Å². The smallest absolute Gasteiger partial charge is 0.322 e. The van der Waals surface area contributed by atoms with Gasteiger partial charge in [0.05, 0.1) is 23.2 Å². The lowest BCUT2D eigenvalue weighted by atomic mass is 10.1. The number of nitrogens with zero attached hydrogens (tertiary/aromatic N) is 3. The van der Waals surface area contributed by atoms with Crippen LogP contribution >= 0.6 is 0 Å². The predicted molar refractivity (Wildman–Crippen MR) is 83.6 cm³/mol. The molecule has 3 rings (SSSR count). The molecular weight excluding hydrogens is 328 g/mol. The first-order valence-corrected chi connectivity index (χ1v) is 6.99. The number of hydrogen-bond acceptors (Lipinski definition) is 7. The molecule has 0 aliphatic carbocycles. The Morgan fingerprint density at radius 2 is 2.00 bits per heavy atom. The first-order valence-electron chi connectivity index (χ1n) is 6.99. The Bertz CT molecular complexity index is 1020. The van der Waals surface area contributed by atoms with Crippen LogP contribution in [-0.2, 0) is 4.79 Å². The van der Waals surface area contributed by atoms with Crippen molar-refractivity contribution in [3.05, 3.63) is 41.7 Å². The maximum absolute atomic E-state index is 12.0. The molecule has 0 aliphatic rings. The molecule has 0 aliphatic heterocycles. The second kappa shape index (κ2) is 6.29. The third kappa shape index (κ3) is 2.96. The van der Waals surface area contributed by atoms with Crippen molar-refractivity contribution in [1.29, 1.82) is 5.26 Å². The van der Waals surface area contributed by atoms with E-state index in [4.69, 9.17) is 14.9 Å². The fraction of sp³-hybridized carbons (Fsp3) is 0.0625. The number of hydrogen-bond donors (Lipinski definition) is 3. The molecule has 0 radical (unpaired) electrons. The normalized spacial score (nSPS) is 10.4. The quantitative estimate of drug-likeness (QED) is 0.644. The number of carbonyl (C=O) groups is 2. The first-order chi connectivity index (χ1) is 12.0. The number of carboxylic acid groups (broad SMARTS) is 1. The van der Waals surface area contributed by atoms with Gasteiger partial charge in [0, 0.05) is 5.56 Å². The summed E-state index contributed by atoms with van der Waals surface area (Å²) >= 11 is 0. The molecular formula is C16H10N4O5. The minimum absolute atomic E-state index is 0.159. The Morgan fingerprint density at radius 1 is 1.28 bits per heavy atom. The van der Waals surface area contributed by atoms with Crippen LogP contribution in [0.5, 0.6) is 5.75 Å². The number of fused-ring (bicyclic) bond motifs is 1. The summed E-state index contributed by atoms with van der Waals surface area (Å²) in [6.07, 6.45) is 1.21. The van der Waals surface area contributed by atoms with E-state index in [9.17, 15) is 14.7 Å². The SMILES string of the molecule is N#Cc1ccc(-c2noc3cnc(C(=O)NCC(=O)O)c(O)c23)cc1. The van der Waals surface area contributed by atoms with Crippen molar-refractivity contribution >= 4 is 22.8 Å². The molecule has 3 aromatic rings. The molecule has 2 heterocycles. The van der Waals surface area contributed by atoms with Gasteiger partial charge in [0.1, 0.15) is 12.2 Å². The van der Waals surface area contributed by atoms with E-state index in [-0.39, 0.29) is 22.4 Å². The number of carbonyl (C=O) groups excluding carboxylic acids is 1. The molecule has 1 aromatic carbocycles. The van der Waals surface area contributed by atoms with Gasteiger partial charge in [-0.3, -0.25) is 9.59 Å². The number of benzene rings is 1. The molecule has 3 N–H and O–H groups in total. The van der Waals surface area contributed by atoms with Crippen LogP contribution in [0.3, 0.4) is 0 Å². The maximum atomic E-state index is 12.0. The Kier molecular flexibility index (Phi) is 4.01. The zero-order valence-corrected chi connectivity index (χ0v) is 12.6. The van der Waals surface area contributed by atoms with E-state index in [0.717, 1.165) is 0 Å². The van der Waals surface area contributed by atoms with Crippen LogP contribution < -0.4 is 5.32 Å². The maximum Gasteiger partial charge on any atom is 0.322 e. The van der Waals surface area contributed by atoms with Gasteiger partial charge in [-0.1, -0.05) is 17.3 Å². The number of aromatic hydroxyl groups is 1.